The number of hydrogen-bond donors (Lipinski definition) is 1. The van der Waals surface area contributed by atoms with Crippen LogP contribution in [0.1, 0.15) is 11.3 Å². The van der Waals surface area contributed by atoms with Crippen LogP contribution in [-0.4, -0.2) is 9.97 Å². The molecular formula is C10H11N3. The number of rotatable bonds is 0. The zero-order valence-electron chi connectivity index (χ0n) is 7.70. The number of nitrogen functional groups attached to an aromatic ring is 1. The van der Waals surface area contributed by atoms with E-state index in [0.29, 0.717) is 0 Å². The Bertz CT molecular complexity index is 463. The van der Waals surface area contributed by atoms with Gasteiger partial charge in [0.25, 0.3) is 0 Å². The fourth-order valence-electron chi connectivity index (χ4n) is 1.35. The Morgan fingerprint density at radius 2 is 1.92 bits per heavy atom. The molecule has 3 heteroatoms. The molecule has 1 aromatic heterocycles. The van der Waals surface area contributed by atoms with Crippen LogP contribution >= 0.6 is 0 Å². The zero-order chi connectivity index (χ0) is 9.42. The third kappa shape index (κ3) is 1.22. The van der Waals surface area contributed by atoms with E-state index in [4.69, 9.17) is 5.73 Å². The van der Waals surface area contributed by atoms with Gasteiger partial charge in [-0.2, -0.15) is 0 Å². The lowest BCUT2D eigenvalue weighted by Crippen LogP contribution is -1.93. The Labute approximate surface area is 76.6 Å². The first-order valence-electron chi connectivity index (χ1n) is 4.16. The van der Waals surface area contributed by atoms with Crippen LogP contribution in [-0.2, 0) is 0 Å². The maximum atomic E-state index is 5.80. The van der Waals surface area contributed by atoms with Crippen LogP contribution in [0.5, 0.6) is 0 Å². The van der Waals surface area contributed by atoms with Gasteiger partial charge in [-0.15, -0.1) is 0 Å². The molecule has 2 N–H and O–H groups in total. The fraction of sp³-hybridized carbons (Fsp3) is 0.200. The van der Waals surface area contributed by atoms with E-state index in [1.54, 1.807) is 6.33 Å². The number of anilines is 1. The third-order valence-corrected chi connectivity index (χ3v) is 2.22. The van der Waals surface area contributed by atoms with Gasteiger partial charge in [0, 0.05) is 16.8 Å². The Hall–Kier alpha value is -1.64. The highest BCUT2D eigenvalue weighted by Crippen LogP contribution is 2.20. The van der Waals surface area contributed by atoms with E-state index >= 15 is 0 Å². The highest BCUT2D eigenvalue weighted by atomic mass is 14.8. The molecule has 0 saturated heterocycles. The third-order valence-electron chi connectivity index (χ3n) is 2.22. The molecule has 0 aliphatic rings. The smallest absolute Gasteiger partial charge is 0.116 e. The van der Waals surface area contributed by atoms with Crippen molar-refractivity contribution in [2.24, 2.45) is 0 Å². The van der Waals surface area contributed by atoms with Crippen LogP contribution in [0.3, 0.4) is 0 Å². The SMILES string of the molecule is Cc1cc2ncnc(C)c2cc1N. The monoisotopic (exact) mass is 173 g/mol. The Kier molecular flexibility index (Phi) is 1.65. The van der Waals surface area contributed by atoms with Crippen LogP contribution in [0.4, 0.5) is 5.69 Å². The Morgan fingerprint density at radius 1 is 1.15 bits per heavy atom. The maximum Gasteiger partial charge on any atom is 0.116 e. The van der Waals surface area contributed by atoms with Crippen LogP contribution < -0.4 is 5.73 Å². The van der Waals surface area contributed by atoms with Crippen LogP contribution in [0.25, 0.3) is 10.9 Å². The van der Waals surface area contributed by atoms with E-state index in [1.807, 2.05) is 26.0 Å². The first kappa shape index (κ1) is 7.98. The number of benzene rings is 1. The lowest BCUT2D eigenvalue weighted by molar-refractivity contribution is 1.15. The summed E-state index contributed by atoms with van der Waals surface area (Å²) in [5, 5.41) is 1.03. The van der Waals surface area contributed by atoms with Crippen molar-refractivity contribution in [1.29, 1.82) is 0 Å². The van der Waals surface area contributed by atoms with Crippen molar-refractivity contribution in [3.8, 4) is 0 Å². The van der Waals surface area contributed by atoms with E-state index in [1.165, 1.54) is 0 Å². The molecule has 0 amide bonds. The largest absolute Gasteiger partial charge is 0.398 e. The average molecular weight is 173 g/mol. The second-order valence-corrected chi connectivity index (χ2v) is 3.19. The molecule has 0 aliphatic heterocycles. The summed E-state index contributed by atoms with van der Waals surface area (Å²) in [6, 6.07) is 3.92. The molecule has 0 unspecified atom stereocenters. The van der Waals surface area contributed by atoms with E-state index < -0.39 is 0 Å². The van der Waals surface area contributed by atoms with E-state index in [0.717, 1.165) is 27.8 Å². The molecule has 0 bridgehead atoms. The van der Waals surface area contributed by atoms with Gasteiger partial charge in [-0.1, -0.05) is 0 Å². The minimum absolute atomic E-state index is 0.797. The number of nitrogens with zero attached hydrogens (tertiary/aromatic N) is 2. The number of aromatic nitrogens is 2. The second kappa shape index (κ2) is 2.69. The minimum atomic E-state index is 0.797. The van der Waals surface area contributed by atoms with Gasteiger partial charge in [-0.25, -0.2) is 9.97 Å². The van der Waals surface area contributed by atoms with Gasteiger partial charge in [0.15, 0.2) is 0 Å². The molecule has 0 atom stereocenters. The summed E-state index contributed by atoms with van der Waals surface area (Å²) in [5.41, 5.74) is 9.58. The summed E-state index contributed by atoms with van der Waals surface area (Å²) in [6.45, 7) is 3.94. The van der Waals surface area contributed by atoms with Crippen LogP contribution in [0.15, 0.2) is 18.5 Å². The van der Waals surface area contributed by atoms with E-state index in [9.17, 15) is 0 Å². The standard InChI is InChI=1S/C10H11N3/c1-6-3-10-8(4-9(6)11)7(2)12-5-13-10/h3-5H,11H2,1-2H3. The topological polar surface area (TPSA) is 51.8 Å². The Morgan fingerprint density at radius 3 is 2.69 bits per heavy atom. The molecule has 0 radical (unpaired) electrons. The lowest BCUT2D eigenvalue weighted by atomic mass is 10.1. The van der Waals surface area contributed by atoms with Crippen molar-refractivity contribution in [3.63, 3.8) is 0 Å². The molecule has 2 rings (SSSR count). The highest BCUT2D eigenvalue weighted by Gasteiger charge is 2.01. The van der Waals surface area contributed by atoms with Crippen molar-refractivity contribution in [3.05, 3.63) is 29.7 Å². The molecule has 1 aromatic carbocycles. The average Bonchev–Trinajstić information content (AvgIpc) is 2.09. The van der Waals surface area contributed by atoms with Gasteiger partial charge in [0.2, 0.25) is 0 Å². The van der Waals surface area contributed by atoms with Gasteiger partial charge >= 0.3 is 0 Å². The summed E-state index contributed by atoms with van der Waals surface area (Å²) >= 11 is 0. The molecule has 0 fully saturated rings. The number of fused-ring (bicyclic) bond motifs is 1. The maximum absolute atomic E-state index is 5.80. The minimum Gasteiger partial charge on any atom is -0.398 e. The van der Waals surface area contributed by atoms with Gasteiger partial charge in [-0.3, -0.25) is 0 Å². The van der Waals surface area contributed by atoms with Gasteiger partial charge in [-0.05, 0) is 31.5 Å². The molecule has 0 aliphatic carbocycles. The molecule has 66 valence electrons. The van der Waals surface area contributed by atoms with Crippen molar-refractivity contribution in [1.82, 2.24) is 9.97 Å². The van der Waals surface area contributed by atoms with Gasteiger partial charge in [0.1, 0.15) is 6.33 Å². The lowest BCUT2D eigenvalue weighted by Gasteiger charge is -2.04. The zero-order valence-corrected chi connectivity index (χ0v) is 7.70. The predicted molar refractivity (Wildman–Crippen MR) is 53.4 cm³/mol. The summed E-state index contributed by atoms with van der Waals surface area (Å²) < 4.78 is 0. The first-order chi connectivity index (χ1) is 6.18. The van der Waals surface area contributed by atoms with Crippen LogP contribution in [0.2, 0.25) is 0 Å². The van der Waals surface area contributed by atoms with Crippen molar-refractivity contribution in [2.45, 2.75) is 13.8 Å². The molecule has 3 nitrogen and oxygen atoms in total. The van der Waals surface area contributed by atoms with E-state index in [-0.39, 0.29) is 0 Å². The number of nitrogens with two attached hydrogens (primary N) is 1. The Balaban J connectivity index is 2.89. The summed E-state index contributed by atoms with van der Waals surface area (Å²) in [7, 11) is 0. The summed E-state index contributed by atoms with van der Waals surface area (Å²) in [5.74, 6) is 0. The second-order valence-electron chi connectivity index (χ2n) is 3.19. The first-order valence-corrected chi connectivity index (χ1v) is 4.16. The molecule has 0 spiro atoms. The van der Waals surface area contributed by atoms with Gasteiger partial charge in [0.05, 0.1) is 5.52 Å². The summed E-state index contributed by atoms with van der Waals surface area (Å²) in [4.78, 5) is 8.29. The van der Waals surface area contributed by atoms with Crippen molar-refractivity contribution >= 4 is 16.6 Å². The van der Waals surface area contributed by atoms with Crippen molar-refractivity contribution < 1.29 is 0 Å². The highest BCUT2D eigenvalue weighted by molar-refractivity contribution is 5.85. The van der Waals surface area contributed by atoms with E-state index in [2.05, 4.69) is 9.97 Å². The normalized spacial score (nSPS) is 10.6. The van der Waals surface area contributed by atoms with Gasteiger partial charge < -0.3 is 5.73 Å². The molecular weight excluding hydrogens is 162 g/mol. The predicted octanol–water partition coefficient (Wildman–Crippen LogP) is 1.83. The molecule has 0 saturated carbocycles. The van der Waals surface area contributed by atoms with Crippen molar-refractivity contribution in [2.75, 3.05) is 5.73 Å². The number of aryl methyl sites for hydroxylation is 2. The molecule has 2 aromatic rings. The quantitative estimate of drug-likeness (QED) is 0.618. The van der Waals surface area contributed by atoms with Crippen LogP contribution in [0, 0.1) is 13.8 Å². The summed E-state index contributed by atoms with van der Waals surface area (Å²) in [6.07, 6.45) is 1.58. The number of hydrogen-bond acceptors (Lipinski definition) is 3. The molecule has 1 heterocycles. The molecule has 13 heavy (non-hydrogen) atoms. The fourth-order valence-corrected chi connectivity index (χ4v) is 1.35.